The molecule has 1 unspecified atom stereocenters. The zero-order chi connectivity index (χ0) is 22.2. The molecule has 1 fully saturated rings. The van der Waals surface area contributed by atoms with E-state index in [0.29, 0.717) is 17.2 Å². The number of amides is 1. The highest BCUT2D eigenvalue weighted by molar-refractivity contribution is 5.97. The van der Waals surface area contributed by atoms with E-state index >= 15 is 0 Å². The number of carbonyl (C=O) groups excluding carboxylic acids is 1. The molecule has 1 atom stereocenters. The molecule has 0 radical (unpaired) electrons. The van der Waals surface area contributed by atoms with Gasteiger partial charge >= 0.3 is 6.18 Å². The maximum absolute atomic E-state index is 13.0. The molecule has 31 heavy (non-hydrogen) atoms. The van der Waals surface area contributed by atoms with Crippen molar-refractivity contribution in [3.05, 3.63) is 53.9 Å². The zero-order valence-corrected chi connectivity index (χ0v) is 16.6. The predicted octanol–water partition coefficient (Wildman–Crippen LogP) is 4.29. The van der Waals surface area contributed by atoms with Crippen molar-refractivity contribution in [3.8, 4) is 22.9 Å². The van der Waals surface area contributed by atoms with Crippen molar-refractivity contribution >= 4 is 11.6 Å². The van der Waals surface area contributed by atoms with Crippen LogP contribution < -0.4 is 14.4 Å². The van der Waals surface area contributed by atoms with Crippen LogP contribution >= 0.6 is 0 Å². The highest BCUT2D eigenvalue weighted by Gasteiger charge is 2.37. The minimum atomic E-state index is -4.47. The van der Waals surface area contributed by atoms with Gasteiger partial charge in [0, 0.05) is 24.6 Å². The molecule has 162 valence electrons. The first-order valence-corrected chi connectivity index (χ1v) is 9.33. The summed E-state index contributed by atoms with van der Waals surface area (Å²) in [5.74, 6) is 0.735. The Labute approximate surface area is 175 Å². The van der Waals surface area contributed by atoms with Crippen LogP contribution in [0.2, 0.25) is 0 Å². The number of methoxy groups -OCH3 is 2. The molecule has 4 rings (SSSR count). The number of halogens is 3. The number of anilines is 1. The lowest BCUT2D eigenvalue weighted by molar-refractivity contribution is -0.137. The van der Waals surface area contributed by atoms with Crippen molar-refractivity contribution in [2.75, 3.05) is 25.7 Å². The van der Waals surface area contributed by atoms with Gasteiger partial charge in [-0.05, 0) is 24.3 Å². The summed E-state index contributed by atoms with van der Waals surface area (Å²) in [6, 6.07) is 9.80. The average molecular weight is 433 g/mol. The van der Waals surface area contributed by atoms with E-state index in [9.17, 15) is 18.0 Å². The van der Waals surface area contributed by atoms with Crippen molar-refractivity contribution in [1.29, 1.82) is 0 Å². The molecule has 3 aromatic rings. The van der Waals surface area contributed by atoms with E-state index in [4.69, 9.17) is 14.0 Å². The molecule has 0 bridgehead atoms. The summed E-state index contributed by atoms with van der Waals surface area (Å²) in [7, 11) is 3.03. The Morgan fingerprint density at radius 1 is 1.13 bits per heavy atom. The average Bonchev–Trinajstić information content (AvgIpc) is 3.40. The molecule has 0 spiro atoms. The maximum Gasteiger partial charge on any atom is 0.416 e. The molecule has 1 saturated heterocycles. The van der Waals surface area contributed by atoms with Crippen LogP contribution in [0.5, 0.6) is 11.5 Å². The molecule has 0 saturated carbocycles. The highest BCUT2D eigenvalue weighted by atomic mass is 19.4. The third kappa shape index (κ3) is 4.05. The van der Waals surface area contributed by atoms with Crippen LogP contribution in [0.4, 0.5) is 18.9 Å². The first-order valence-electron chi connectivity index (χ1n) is 9.33. The number of carbonyl (C=O) groups is 1. The quantitative estimate of drug-likeness (QED) is 0.597. The van der Waals surface area contributed by atoms with E-state index < -0.39 is 17.7 Å². The number of hydrogen-bond acceptors (Lipinski definition) is 6. The summed E-state index contributed by atoms with van der Waals surface area (Å²) in [5, 5.41) is 3.81. The second kappa shape index (κ2) is 7.93. The minimum absolute atomic E-state index is 0.0361. The van der Waals surface area contributed by atoms with Gasteiger partial charge in [0.25, 0.3) is 0 Å². The summed E-state index contributed by atoms with van der Waals surface area (Å²) < 4.78 is 54.7. The Hall–Kier alpha value is -3.56. The summed E-state index contributed by atoms with van der Waals surface area (Å²) in [6.45, 7) is 0.270. The van der Waals surface area contributed by atoms with Gasteiger partial charge in [-0.3, -0.25) is 4.79 Å². The predicted molar refractivity (Wildman–Crippen MR) is 104 cm³/mol. The van der Waals surface area contributed by atoms with Gasteiger partial charge in [0.15, 0.2) is 0 Å². The lowest BCUT2D eigenvalue weighted by Gasteiger charge is -2.19. The van der Waals surface area contributed by atoms with E-state index in [-0.39, 0.29) is 36.2 Å². The molecule has 0 N–H and O–H groups in total. The number of benzene rings is 2. The van der Waals surface area contributed by atoms with Crippen molar-refractivity contribution in [1.82, 2.24) is 10.1 Å². The van der Waals surface area contributed by atoms with Crippen LogP contribution in [-0.2, 0) is 11.0 Å². The SMILES string of the molecule is COc1ccc(N2CC(c3nc(-c4cccc(C(F)(F)F)c4)no3)CC2=O)c(OC)c1. The molecule has 1 aromatic heterocycles. The smallest absolute Gasteiger partial charge is 0.416 e. The number of alkyl halides is 3. The monoisotopic (exact) mass is 433 g/mol. The van der Waals surface area contributed by atoms with E-state index in [1.807, 2.05) is 0 Å². The van der Waals surface area contributed by atoms with Crippen LogP contribution in [-0.4, -0.2) is 36.8 Å². The number of ether oxygens (including phenoxy) is 2. The van der Waals surface area contributed by atoms with Crippen LogP contribution in [0.1, 0.15) is 23.8 Å². The fraction of sp³-hybridized carbons (Fsp3) is 0.286. The third-order valence-corrected chi connectivity index (χ3v) is 5.04. The van der Waals surface area contributed by atoms with E-state index in [2.05, 4.69) is 10.1 Å². The molecule has 10 heteroatoms. The van der Waals surface area contributed by atoms with Gasteiger partial charge in [-0.15, -0.1) is 0 Å². The normalized spacial score (nSPS) is 16.6. The fourth-order valence-corrected chi connectivity index (χ4v) is 3.47. The Balaban J connectivity index is 1.57. The van der Waals surface area contributed by atoms with Crippen LogP contribution in [0.25, 0.3) is 11.4 Å². The van der Waals surface area contributed by atoms with Crippen LogP contribution in [0.15, 0.2) is 47.0 Å². The van der Waals surface area contributed by atoms with Crippen molar-refractivity contribution in [3.63, 3.8) is 0 Å². The topological polar surface area (TPSA) is 77.7 Å². The molecule has 7 nitrogen and oxygen atoms in total. The van der Waals surface area contributed by atoms with Gasteiger partial charge in [0.1, 0.15) is 11.5 Å². The molecular formula is C21H18F3N3O4. The molecule has 2 aromatic carbocycles. The molecule has 1 aliphatic rings. The summed E-state index contributed by atoms with van der Waals surface area (Å²) in [5.41, 5.74) is -0.0404. The Morgan fingerprint density at radius 2 is 1.94 bits per heavy atom. The molecule has 1 amide bonds. The molecule has 2 heterocycles. The molecule has 1 aliphatic heterocycles. The van der Waals surface area contributed by atoms with Gasteiger partial charge in [-0.1, -0.05) is 17.3 Å². The van der Waals surface area contributed by atoms with E-state index in [0.717, 1.165) is 12.1 Å². The van der Waals surface area contributed by atoms with E-state index in [1.165, 1.54) is 26.4 Å². The largest absolute Gasteiger partial charge is 0.497 e. The van der Waals surface area contributed by atoms with Crippen molar-refractivity contribution in [2.45, 2.75) is 18.5 Å². The fourth-order valence-electron chi connectivity index (χ4n) is 3.47. The Bertz CT molecular complexity index is 1110. The Morgan fingerprint density at radius 3 is 2.65 bits per heavy atom. The first kappa shape index (κ1) is 20.7. The maximum atomic E-state index is 13.0. The molecular weight excluding hydrogens is 415 g/mol. The second-order valence-electron chi connectivity index (χ2n) is 6.98. The summed E-state index contributed by atoms with van der Waals surface area (Å²) in [6.07, 6.45) is -4.35. The van der Waals surface area contributed by atoms with Gasteiger partial charge in [0.05, 0.1) is 31.4 Å². The van der Waals surface area contributed by atoms with Crippen LogP contribution in [0, 0.1) is 0 Å². The van der Waals surface area contributed by atoms with Gasteiger partial charge in [-0.2, -0.15) is 18.2 Å². The highest BCUT2D eigenvalue weighted by Crippen LogP contribution is 2.38. The first-order chi connectivity index (χ1) is 14.8. The second-order valence-corrected chi connectivity index (χ2v) is 6.98. The number of nitrogens with zero attached hydrogens (tertiary/aromatic N) is 3. The standard InChI is InChI=1S/C21H18F3N3O4/c1-29-15-6-7-16(17(10-15)30-2)27-11-13(9-18(27)28)20-25-19(26-31-20)12-4-3-5-14(8-12)21(22,23)24/h3-8,10,13H,9,11H2,1-2H3. The van der Waals surface area contributed by atoms with Crippen molar-refractivity contribution < 1.29 is 32.0 Å². The number of rotatable bonds is 5. The van der Waals surface area contributed by atoms with Crippen molar-refractivity contribution in [2.24, 2.45) is 0 Å². The van der Waals surface area contributed by atoms with Gasteiger partial charge in [-0.25, -0.2) is 0 Å². The van der Waals surface area contributed by atoms with Crippen LogP contribution in [0.3, 0.4) is 0 Å². The van der Waals surface area contributed by atoms with E-state index in [1.54, 1.807) is 23.1 Å². The van der Waals surface area contributed by atoms with Gasteiger partial charge < -0.3 is 18.9 Å². The van der Waals surface area contributed by atoms with Gasteiger partial charge in [0.2, 0.25) is 17.6 Å². The third-order valence-electron chi connectivity index (χ3n) is 5.04. The zero-order valence-electron chi connectivity index (χ0n) is 16.6. The minimum Gasteiger partial charge on any atom is -0.497 e. The number of aromatic nitrogens is 2. The lowest BCUT2D eigenvalue weighted by Crippen LogP contribution is -2.24. The summed E-state index contributed by atoms with van der Waals surface area (Å²) >= 11 is 0. The Kier molecular flexibility index (Phi) is 5.30. The lowest BCUT2D eigenvalue weighted by atomic mass is 10.1. The summed E-state index contributed by atoms with van der Waals surface area (Å²) in [4.78, 5) is 18.4. The number of hydrogen-bond donors (Lipinski definition) is 0. The molecule has 0 aliphatic carbocycles.